The van der Waals surface area contributed by atoms with Gasteiger partial charge in [-0.3, -0.25) is 0 Å². The molecule has 0 saturated heterocycles. The Hall–Kier alpha value is -1.05. The minimum atomic E-state index is -0.285. The van der Waals surface area contributed by atoms with Gasteiger partial charge in [-0.15, -0.1) is 0 Å². The molecule has 0 aliphatic carbocycles. The van der Waals surface area contributed by atoms with Gasteiger partial charge in [0.25, 0.3) is 0 Å². The first-order valence-electron chi connectivity index (χ1n) is 2.90. The molecule has 0 bridgehead atoms. The summed E-state index contributed by atoms with van der Waals surface area (Å²) in [7, 11) is 0. The predicted molar refractivity (Wildman–Crippen MR) is 34.4 cm³/mol. The Morgan fingerprint density at radius 1 is 1.56 bits per heavy atom. The Bertz CT molecular complexity index is 216. The maximum absolute atomic E-state index is 10.4. The average molecular weight is 124 g/mol. The van der Waals surface area contributed by atoms with Crippen LogP contribution in [0.25, 0.3) is 0 Å². The standard InChI is InChI=1S/C7H8O2/c1-2-6-3-4-7(8)9-5-6/h3-5H,2H2,1H3. The number of hydrogen-bond acceptors (Lipinski definition) is 2. The van der Waals surface area contributed by atoms with E-state index < -0.39 is 0 Å². The molecule has 1 aromatic heterocycles. The predicted octanol–water partition coefficient (Wildman–Crippen LogP) is 1.20. The molecule has 2 heteroatoms. The first kappa shape index (κ1) is 6.08. The van der Waals surface area contributed by atoms with E-state index in [-0.39, 0.29) is 5.63 Å². The van der Waals surface area contributed by atoms with Crippen LogP contribution < -0.4 is 5.63 Å². The van der Waals surface area contributed by atoms with Crippen LogP contribution in [0, 0.1) is 0 Å². The van der Waals surface area contributed by atoms with E-state index in [1.807, 2.05) is 6.92 Å². The van der Waals surface area contributed by atoms with Crippen molar-refractivity contribution < 1.29 is 4.42 Å². The molecule has 0 unspecified atom stereocenters. The Labute approximate surface area is 53.1 Å². The van der Waals surface area contributed by atoms with Crippen LogP contribution in [0.4, 0.5) is 0 Å². The van der Waals surface area contributed by atoms with Gasteiger partial charge in [0.1, 0.15) is 0 Å². The maximum Gasteiger partial charge on any atom is 0.335 e. The van der Waals surface area contributed by atoms with E-state index in [2.05, 4.69) is 4.42 Å². The fraction of sp³-hybridized carbons (Fsp3) is 0.286. The normalized spacial score (nSPS) is 9.44. The fourth-order valence-electron chi connectivity index (χ4n) is 0.589. The largest absolute Gasteiger partial charge is 0.431 e. The lowest BCUT2D eigenvalue weighted by Gasteiger charge is -1.88. The van der Waals surface area contributed by atoms with Crippen molar-refractivity contribution in [1.82, 2.24) is 0 Å². The highest BCUT2D eigenvalue weighted by atomic mass is 16.4. The summed E-state index contributed by atoms with van der Waals surface area (Å²) in [4.78, 5) is 10.4. The minimum absolute atomic E-state index is 0.285. The lowest BCUT2D eigenvalue weighted by Crippen LogP contribution is -1.94. The van der Waals surface area contributed by atoms with Gasteiger partial charge in [0.2, 0.25) is 0 Å². The molecular weight excluding hydrogens is 116 g/mol. The van der Waals surface area contributed by atoms with Crippen molar-refractivity contribution in [2.45, 2.75) is 13.3 Å². The molecule has 0 aromatic carbocycles. The molecule has 0 radical (unpaired) electrons. The summed E-state index contributed by atoms with van der Waals surface area (Å²) in [5, 5.41) is 0. The first-order chi connectivity index (χ1) is 4.33. The van der Waals surface area contributed by atoms with E-state index >= 15 is 0 Å². The molecule has 0 aliphatic rings. The van der Waals surface area contributed by atoms with E-state index in [1.54, 1.807) is 6.07 Å². The summed E-state index contributed by atoms with van der Waals surface area (Å²) in [5.41, 5.74) is 0.766. The van der Waals surface area contributed by atoms with E-state index in [9.17, 15) is 4.79 Å². The summed E-state index contributed by atoms with van der Waals surface area (Å²) in [5.74, 6) is 0. The van der Waals surface area contributed by atoms with Crippen LogP contribution in [0.1, 0.15) is 12.5 Å². The second-order valence-corrected chi connectivity index (χ2v) is 1.82. The second kappa shape index (κ2) is 2.49. The van der Waals surface area contributed by atoms with E-state index in [4.69, 9.17) is 0 Å². The minimum Gasteiger partial charge on any atom is -0.431 e. The van der Waals surface area contributed by atoms with Crippen LogP contribution in [0.5, 0.6) is 0 Å². The summed E-state index contributed by atoms with van der Waals surface area (Å²) in [6, 6.07) is 3.20. The van der Waals surface area contributed by atoms with Crippen LogP contribution in [0.3, 0.4) is 0 Å². The van der Waals surface area contributed by atoms with Crippen LogP contribution in [-0.4, -0.2) is 0 Å². The molecule has 0 N–H and O–H groups in total. The molecule has 48 valence electrons. The van der Waals surface area contributed by atoms with Gasteiger partial charge in [-0.05, 0) is 18.1 Å². The van der Waals surface area contributed by atoms with Crippen LogP contribution in [0.2, 0.25) is 0 Å². The van der Waals surface area contributed by atoms with E-state index in [0.29, 0.717) is 0 Å². The quantitative estimate of drug-likeness (QED) is 0.563. The van der Waals surface area contributed by atoms with Crippen molar-refractivity contribution in [2.24, 2.45) is 0 Å². The summed E-state index contributed by atoms with van der Waals surface area (Å²) < 4.78 is 4.59. The zero-order valence-electron chi connectivity index (χ0n) is 5.26. The Morgan fingerprint density at radius 3 is 2.78 bits per heavy atom. The molecule has 2 nitrogen and oxygen atoms in total. The lowest BCUT2D eigenvalue weighted by atomic mass is 10.2. The highest BCUT2D eigenvalue weighted by Crippen LogP contribution is 1.93. The third kappa shape index (κ3) is 1.42. The van der Waals surface area contributed by atoms with Gasteiger partial charge in [0.15, 0.2) is 0 Å². The monoisotopic (exact) mass is 124 g/mol. The zero-order chi connectivity index (χ0) is 6.69. The molecule has 0 atom stereocenters. The molecule has 0 amide bonds. The van der Waals surface area contributed by atoms with Crippen LogP contribution in [0.15, 0.2) is 27.6 Å². The molecule has 1 aromatic rings. The molecule has 0 spiro atoms. The highest BCUT2D eigenvalue weighted by molar-refractivity contribution is 5.05. The third-order valence-corrected chi connectivity index (χ3v) is 1.17. The summed E-state index contributed by atoms with van der Waals surface area (Å²) in [6.45, 7) is 2.01. The topological polar surface area (TPSA) is 30.2 Å². The smallest absolute Gasteiger partial charge is 0.335 e. The molecule has 1 heterocycles. The Morgan fingerprint density at radius 2 is 2.33 bits per heavy atom. The molecular formula is C7H8O2. The van der Waals surface area contributed by atoms with Crippen molar-refractivity contribution in [3.8, 4) is 0 Å². The first-order valence-corrected chi connectivity index (χ1v) is 2.90. The second-order valence-electron chi connectivity index (χ2n) is 1.82. The van der Waals surface area contributed by atoms with Crippen LogP contribution >= 0.6 is 0 Å². The van der Waals surface area contributed by atoms with Gasteiger partial charge in [-0.2, -0.15) is 0 Å². The third-order valence-electron chi connectivity index (χ3n) is 1.17. The van der Waals surface area contributed by atoms with Gasteiger partial charge in [0.05, 0.1) is 6.26 Å². The molecule has 0 fully saturated rings. The van der Waals surface area contributed by atoms with Crippen LogP contribution in [-0.2, 0) is 6.42 Å². The zero-order valence-corrected chi connectivity index (χ0v) is 5.26. The van der Waals surface area contributed by atoms with Crippen molar-refractivity contribution in [3.63, 3.8) is 0 Å². The van der Waals surface area contributed by atoms with Gasteiger partial charge in [-0.25, -0.2) is 4.79 Å². The summed E-state index contributed by atoms with van der Waals surface area (Å²) in [6.07, 6.45) is 2.39. The summed E-state index contributed by atoms with van der Waals surface area (Å²) >= 11 is 0. The highest BCUT2D eigenvalue weighted by Gasteiger charge is 1.86. The fourth-order valence-corrected chi connectivity index (χ4v) is 0.589. The number of aryl methyl sites for hydroxylation is 1. The Balaban J connectivity index is 3.02. The van der Waals surface area contributed by atoms with Gasteiger partial charge in [-0.1, -0.05) is 6.92 Å². The van der Waals surface area contributed by atoms with Crippen molar-refractivity contribution >= 4 is 0 Å². The molecule has 1 rings (SSSR count). The van der Waals surface area contributed by atoms with E-state index in [0.717, 1.165) is 12.0 Å². The lowest BCUT2D eigenvalue weighted by molar-refractivity contribution is 0.504. The van der Waals surface area contributed by atoms with Gasteiger partial charge >= 0.3 is 5.63 Å². The Kier molecular flexibility index (Phi) is 1.68. The van der Waals surface area contributed by atoms with Crippen molar-refractivity contribution in [2.75, 3.05) is 0 Å². The van der Waals surface area contributed by atoms with Gasteiger partial charge in [0, 0.05) is 6.07 Å². The number of rotatable bonds is 1. The van der Waals surface area contributed by atoms with E-state index in [1.165, 1.54) is 12.3 Å². The molecule has 0 saturated carbocycles. The maximum atomic E-state index is 10.4. The SMILES string of the molecule is CCc1ccc(=O)oc1. The number of hydrogen-bond donors (Lipinski definition) is 0. The van der Waals surface area contributed by atoms with Crippen molar-refractivity contribution in [1.29, 1.82) is 0 Å². The van der Waals surface area contributed by atoms with Gasteiger partial charge < -0.3 is 4.42 Å². The van der Waals surface area contributed by atoms with Crippen molar-refractivity contribution in [3.05, 3.63) is 34.4 Å². The molecule has 9 heavy (non-hydrogen) atoms. The average Bonchev–Trinajstić information content (AvgIpc) is 1.90. The molecule has 0 aliphatic heterocycles.